The summed E-state index contributed by atoms with van der Waals surface area (Å²) >= 11 is 11.8. The highest BCUT2D eigenvalue weighted by Gasteiger charge is 2.15. The molecule has 3 nitrogen and oxygen atoms in total. The number of hydrogen-bond acceptors (Lipinski definition) is 2. The van der Waals surface area contributed by atoms with Crippen molar-refractivity contribution in [2.24, 2.45) is 0 Å². The van der Waals surface area contributed by atoms with Crippen molar-refractivity contribution in [2.75, 3.05) is 11.9 Å². The topological polar surface area (TPSA) is 44.1 Å². The molecule has 2 aromatic carbocycles. The van der Waals surface area contributed by atoms with Crippen LogP contribution in [0.3, 0.4) is 0 Å². The Morgan fingerprint density at radius 2 is 1.80 bits per heavy atom. The summed E-state index contributed by atoms with van der Waals surface area (Å²) in [5.74, 6) is -0.246. The molecule has 2 rings (SSSR count). The Hall–Kier alpha value is -2.02. The van der Waals surface area contributed by atoms with Crippen LogP contribution in [-0.2, 0) is 0 Å². The van der Waals surface area contributed by atoms with Gasteiger partial charge in [-0.3, -0.25) is 4.79 Å². The maximum atomic E-state index is 12.4. The molecule has 0 saturated carbocycles. The van der Waals surface area contributed by atoms with Crippen LogP contribution in [0.4, 0.5) is 5.69 Å². The summed E-state index contributed by atoms with van der Waals surface area (Å²) < 4.78 is 0. The molecule has 0 bridgehead atoms. The van der Waals surface area contributed by atoms with Crippen molar-refractivity contribution in [2.45, 2.75) is 0 Å². The van der Waals surface area contributed by atoms with E-state index in [1.54, 1.807) is 49.5 Å². The lowest BCUT2D eigenvalue weighted by molar-refractivity contribution is 0.0993. The number of rotatable bonds is 2. The van der Waals surface area contributed by atoms with Crippen LogP contribution in [0, 0.1) is 11.3 Å². The van der Waals surface area contributed by atoms with Gasteiger partial charge in [0.15, 0.2) is 0 Å². The number of carbonyl (C=O) groups excluding carboxylic acids is 1. The number of amides is 1. The first-order valence-electron chi connectivity index (χ1n) is 5.75. The second-order valence-corrected chi connectivity index (χ2v) is 5.06. The van der Waals surface area contributed by atoms with E-state index in [4.69, 9.17) is 28.5 Å². The predicted molar refractivity (Wildman–Crippen MR) is 80.4 cm³/mol. The molecule has 0 atom stereocenters. The van der Waals surface area contributed by atoms with Gasteiger partial charge in [-0.05, 0) is 36.4 Å². The maximum absolute atomic E-state index is 12.4. The molecule has 0 spiro atoms. The van der Waals surface area contributed by atoms with Crippen molar-refractivity contribution in [1.29, 1.82) is 5.26 Å². The number of carbonyl (C=O) groups is 1. The molecule has 100 valence electrons. The predicted octanol–water partition coefficient (Wildman–Crippen LogP) is 4.14. The van der Waals surface area contributed by atoms with E-state index in [0.717, 1.165) is 0 Å². The fourth-order valence-electron chi connectivity index (χ4n) is 1.77. The summed E-state index contributed by atoms with van der Waals surface area (Å²) in [5.41, 5.74) is 1.52. The summed E-state index contributed by atoms with van der Waals surface area (Å²) in [5, 5.41) is 9.69. The Labute approximate surface area is 127 Å². The van der Waals surface area contributed by atoms with Gasteiger partial charge in [-0.25, -0.2) is 0 Å². The van der Waals surface area contributed by atoms with E-state index >= 15 is 0 Å². The normalized spacial score (nSPS) is 9.90. The molecule has 5 heteroatoms. The minimum Gasteiger partial charge on any atom is -0.311 e. The quantitative estimate of drug-likeness (QED) is 0.837. The van der Waals surface area contributed by atoms with Gasteiger partial charge in [0.25, 0.3) is 5.91 Å². The van der Waals surface area contributed by atoms with Crippen LogP contribution in [0.25, 0.3) is 0 Å². The molecule has 0 fully saturated rings. The largest absolute Gasteiger partial charge is 0.311 e. The third-order valence-corrected chi connectivity index (χ3v) is 3.21. The van der Waals surface area contributed by atoms with Gasteiger partial charge in [0.1, 0.15) is 0 Å². The van der Waals surface area contributed by atoms with Crippen LogP contribution >= 0.6 is 23.2 Å². The molecule has 0 aromatic heterocycles. The molecule has 0 N–H and O–H groups in total. The maximum Gasteiger partial charge on any atom is 0.258 e. The second kappa shape index (κ2) is 5.96. The number of halogens is 2. The zero-order chi connectivity index (χ0) is 14.7. The highest BCUT2D eigenvalue weighted by Crippen LogP contribution is 2.22. The molecular weight excluding hydrogens is 295 g/mol. The van der Waals surface area contributed by atoms with Crippen molar-refractivity contribution in [3.05, 3.63) is 63.6 Å². The first-order valence-corrected chi connectivity index (χ1v) is 6.51. The zero-order valence-electron chi connectivity index (χ0n) is 10.6. The molecule has 20 heavy (non-hydrogen) atoms. The third kappa shape index (κ3) is 3.11. The molecule has 0 unspecified atom stereocenters. The van der Waals surface area contributed by atoms with Crippen molar-refractivity contribution in [1.82, 2.24) is 0 Å². The summed E-state index contributed by atoms with van der Waals surface area (Å²) in [6.45, 7) is 0. The van der Waals surface area contributed by atoms with Crippen molar-refractivity contribution >= 4 is 34.8 Å². The number of benzene rings is 2. The molecule has 0 aliphatic rings. The Morgan fingerprint density at radius 3 is 2.40 bits per heavy atom. The van der Waals surface area contributed by atoms with Crippen LogP contribution in [0.2, 0.25) is 10.0 Å². The lowest BCUT2D eigenvalue weighted by Crippen LogP contribution is -2.26. The van der Waals surface area contributed by atoms with E-state index < -0.39 is 0 Å². The van der Waals surface area contributed by atoms with Crippen LogP contribution in [0.15, 0.2) is 42.5 Å². The van der Waals surface area contributed by atoms with Gasteiger partial charge in [0.2, 0.25) is 0 Å². The van der Waals surface area contributed by atoms with E-state index in [1.807, 2.05) is 6.07 Å². The molecule has 0 aliphatic carbocycles. The van der Waals surface area contributed by atoms with Gasteiger partial charge in [-0.1, -0.05) is 29.3 Å². The number of hydrogen-bond donors (Lipinski definition) is 0. The molecular formula is C15H10Cl2N2O. The molecule has 1 amide bonds. The van der Waals surface area contributed by atoms with Crippen LogP contribution in [0.5, 0.6) is 0 Å². The van der Waals surface area contributed by atoms with E-state index in [0.29, 0.717) is 26.9 Å². The Morgan fingerprint density at radius 1 is 1.15 bits per heavy atom. The average Bonchev–Trinajstić information content (AvgIpc) is 2.44. The average molecular weight is 305 g/mol. The van der Waals surface area contributed by atoms with Gasteiger partial charge in [0.05, 0.1) is 11.6 Å². The Bertz CT molecular complexity index is 687. The van der Waals surface area contributed by atoms with Crippen molar-refractivity contribution in [3.8, 4) is 6.07 Å². The number of nitriles is 1. The zero-order valence-corrected chi connectivity index (χ0v) is 12.1. The molecule has 0 aliphatic heterocycles. The van der Waals surface area contributed by atoms with Crippen LogP contribution in [-0.4, -0.2) is 13.0 Å². The smallest absolute Gasteiger partial charge is 0.258 e. The fourth-order valence-corrected chi connectivity index (χ4v) is 2.30. The van der Waals surface area contributed by atoms with Crippen molar-refractivity contribution < 1.29 is 4.79 Å². The van der Waals surface area contributed by atoms with Gasteiger partial charge in [-0.2, -0.15) is 5.26 Å². The molecule has 2 aromatic rings. The highest BCUT2D eigenvalue weighted by molar-refractivity contribution is 6.35. The summed E-state index contributed by atoms with van der Waals surface area (Å²) in [6, 6.07) is 13.5. The number of nitrogens with zero attached hydrogens (tertiary/aromatic N) is 2. The van der Waals surface area contributed by atoms with E-state index in [9.17, 15) is 4.79 Å². The monoisotopic (exact) mass is 304 g/mol. The Balaban J connectivity index is 2.35. The number of anilines is 1. The molecule has 0 saturated heterocycles. The summed E-state index contributed by atoms with van der Waals surface area (Å²) in [7, 11) is 1.63. The van der Waals surface area contributed by atoms with Gasteiger partial charge < -0.3 is 4.90 Å². The summed E-state index contributed by atoms with van der Waals surface area (Å²) in [6.07, 6.45) is 0. The van der Waals surface area contributed by atoms with E-state index in [2.05, 4.69) is 0 Å². The standard InChI is InChI=1S/C15H10Cl2N2O/c1-19(14-4-2-3-10(5-14)9-18)15(20)11-6-12(16)8-13(17)7-11/h2-8H,1H3. The minimum atomic E-state index is -0.246. The van der Waals surface area contributed by atoms with Crippen LogP contribution < -0.4 is 4.90 Å². The van der Waals surface area contributed by atoms with Crippen molar-refractivity contribution in [3.63, 3.8) is 0 Å². The second-order valence-electron chi connectivity index (χ2n) is 4.18. The van der Waals surface area contributed by atoms with Crippen LogP contribution in [0.1, 0.15) is 15.9 Å². The lowest BCUT2D eigenvalue weighted by atomic mass is 10.1. The molecule has 0 radical (unpaired) electrons. The van der Waals surface area contributed by atoms with Gasteiger partial charge >= 0.3 is 0 Å². The van der Waals surface area contributed by atoms with E-state index in [1.165, 1.54) is 4.90 Å². The van der Waals surface area contributed by atoms with E-state index in [-0.39, 0.29) is 5.91 Å². The third-order valence-electron chi connectivity index (χ3n) is 2.78. The summed E-state index contributed by atoms with van der Waals surface area (Å²) in [4.78, 5) is 13.8. The molecule has 0 heterocycles. The first-order chi connectivity index (χ1) is 9.51. The lowest BCUT2D eigenvalue weighted by Gasteiger charge is -2.18. The highest BCUT2D eigenvalue weighted by atomic mass is 35.5. The Kier molecular flexibility index (Phi) is 4.29. The minimum absolute atomic E-state index is 0.246. The first kappa shape index (κ1) is 14.4. The SMILES string of the molecule is CN(C(=O)c1cc(Cl)cc(Cl)c1)c1cccc(C#N)c1. The van der Waals surface area contributed by atoms with Gasteiger partial charge in [-0.15, -0.1) is 0 Å². The van der Waals surface area contributed by atoms with Gasteiger partial charge in [0, 0.05) is 28.3 Å². The fraction of sp³-hybridized carbons (Fsp3) is 0.0667.